The number of aliphatic carboxylic acids is 1. The normalized spacial score (nSPS) is 30.8. The van der Waals surface area contributed by atoms with E-state index in [-0.39, 0.29) is 5.75 Å². The van der Waals surface area contributed by atoms with Crippen LogP contribution in [0, 0.1) is 0 Å². The van der Waals surface area contributed by atoms with Crippen molar-refractivity contribution in [1.82, 2.24) is 0 Å². The van der Waals surface area contributed by atoms with Gasteiger partial charge in [-0.25, -0.2) is 4.79 Å². The van der Waals surface area contributed by atoms with E-state index in [0.717, 1.165) is 6.08 Å². The van der Waals surface area contributed by atoms with Crippen LogP contribution in [-0.4, -0.2) is 73.9 Å². The minimum absolute atomic E-state index is 0.00104. The van der Waals surface area contributed by atoms with Gasteiger partial charge in [0.25, 0.3) is 0 Å². The topological polar surface area (TPSA) is 157 Å². The van der Waals surface area contributed by atoms with E-state index in [1.54, 1.807) is 0 Å². The van der Waals surface area contributed by atoms with E-state index < -0.39 is 49.0 Å². The number of hydrogen-bond acceptors (Lipinski definition) is 8. The predicted molar refractivity (Wildman–Crippen MR) is 78.6 cm³/mol. The smallest absolute Gasteiger partial charge is 0.371 e. The van der Waals surface area contributed by atoms with Gasteiger partial charge in [-0.15, -0.1) is 0 Å². The number of carboxylic acids is 1. The molecule has 0 unspecified atom stereocenters. The molecule has 1 aliphatic heterocycles. The summed E-state index contributed by atoms with van der Waals surface area (Å²) in [6, 6.07) is 5.57. The third-order valence-electron chi connectivity index (χ3n) is 3.49. The van der Waals surface area contributed by atoms with Gasteiger partial charge in [-0.05, 0) is 23.8 Å². The fourth-order valence-corrected chi connectivity index (χ4v) is 2.16. The number of carboxylic acid groups (broad SMARTS) is 1. The number of rotatable bonds is 5. The van der Waals surface area contributed by atoms with Crippen LogP contribution in [0.25, 0.3) is 6.08 Å². The van der Waals surface area contributed by atoms with Crippen LogP contribution in [0.2, 0.25) is 0 Å². The molecular weight excluding hydrogens is 324 g/mol. The Kier molecular flexibility index (Phi) is 5.75. The maximum Gasteiger partial charge on any atom is 0.371 e. The molecule has 1 fully saturated rings. The number of hydrogen-bond donors (Lipinski definition) is 6. The van der Waals surface area contributed by atoms with Crippen LogP contribution in [0.4, 0.5) is 0 Å². The quantitative estimate of drug-likeness (QED) is 0.281. The second-order valence-electron chi connectivity index (χ2n) is 5.22. The van der Waals surface area contributed by atoms with Crippen molar-refractivity contribution in [2.24, 2.45) is 0 Å². The molecule has 9 heteroatoms. The Hall–Kier alpha value is -2.17. The van der Waals surface area contributed by atoms with Crippen molar-refractivity contribution in [3.8, 4) is 5.75 Å². The highest BCUT2D eigenvalue weighted by Crippen LogP contribution is 2.24. The summed E-state index contributed by atoms with van der Waals surface area (Å²) in [6.45, 7) is -0.658. The van der Waals surface area contributed by atoms with Crippen LogP contribution in [-0.2, 0) is 14.3 Å². The average molecular weight is 342 g/mol. The summed E-state index contributed by atoms with van der Waals surface area (Å²) in [4.78, 5) is 11.3. The third-order valence-corrected chi connectivity index (χ3v) is 3.49. The fourth-order valence-electron chi connectivity index (χ4n) is 2.16. The van der Waals surface area contributed by atoms with E-state index in [1.165, 1.54) is 24.3 Å². The maximum atomic E-state index is 11.3. The second-order valence-corrected chi connectivity index (χ2v) is 5.22. The molecule has 1 saturated heterocycles. The Bertz CT molecular complexity index is 595. The third kappa shape index (κ3) is 4.02. The molecule has 1 aromatic rings. The molecule has 5 atom stereocenters. The van der Waals surface area contributed by atoms with Crippen molar-refractivity contribution >= 4 is 12.0 Å². The molecule has 0 amide bonds. The lowest BCUT2D eigenvalue weighted by molar-refractivity contribution is -0.291. The van der Waals surface area contributed by atoms with Crippen LogP contribution < -0.4 is 0 Å². The van der Waals surface area contributed by atoms with Gasteiger partial charge in [0.1, 0.15) is 30.2 Å². The summed E-state index contributed by atoms with van der Waals surface area (Å²) in [6.07, 6.45) is -6.64. The number of aromatic hydroxyl groups is 1. The summed E-state index contributed by atoms with van der Waals surface area (Å²) in [5, 5.41) is 56.7. The fraction of sp³-hybridized carbons (Fsp3) is 0.400. The first-order valence-corrected chi connectivity index (χ1v) is 7.04. The summed E-state index contributed by atoms with van der Waals surface area (Å²) in [7, 11) is 0. The van der Waals surface area contributed by atoms with Crippen molar-refractivity contribution in [3.05, 3.63) is 35.6 Å². The van der Waals surface area contributed by atoms with Crippen molar-refractivity contribution < 1.29 is 44.9 Å². The zero-order chi connectivity index (χ0) is 17.9. The van der Waals surface area contributed by atoms with Crippen LogP contribution >= 0.6 is 0 Å². The zero-order valence-corrected chi connectivity index (χ0v) is 12.4. The molecule has 0 radical (unpaired) electrons. The molecular formula is C15H18O9. The molecule has 0 saturated carbocycles. The van der Waals surface area contributed by atoms with Gasteiger partial charge in [-0.3, -0.25) is 0 Å². The first kappa shape index (κ1) is 18.2. The number of carbonyl (C=O) groups is 1. The zero-order valence-electron chi connectivity index (χ0n) is 12.4. The van der Waals surface area contributed by atoms with Gasteiger partial charge in [-0.1, -0.05) is 12.1 Å². The molecule has 0 bridgehead atoms. The summed E-state index contributed by atoms with van der Waals surface area (Å²) in [5.74, 6) is -2.05. The Labute approximate surface area is 136 Å². The molecule has 0 spiro atoms. The van der Waals surface area contributed by atoms with Gasteiger partial charge >= 0.3 is 5.97 Å². The minimum atomic E-state index is -1.72. The van der Waals surface area contributed by atoms with E-state index in [0.29, 0.717) is 5.56 Å². The van der Waals surface area contributed by atoms with Crippen LogP contribution in [0.3, 0.4) is 0 Å². The van der Waals surface area contributed by atoms with Gasteiger partial charge in [-0.2, -0.15) is 0 Å². The molecule has 2 rings (SSSR count). The Morgan fingerprint density at radius 2 is 1.75 bits per heavy atom. The number of benzene rings is 1. The van der Waals surface area contributed by atoms with E-state index in [1.807, 2.05) is 0 Å². The van der Waals surface area contributed by atoms with Gasteiger partial charge in [0.15, 0.2) is 0 Å². The highest BCUT2D eigenvalue weighted by atomic mass is 16.7. The molecule has 0 aliphatic carbocycles. The molecule has 6 N–H and O–H groups in total. The Balaban J connectivity index is 2.20. The first-order chi connectivity index (χ1) is 11.3. The van der Waals surface area contributed by atoms with E-state index >= 15 is 0 Å². The van der Waals surface area contributed by atoms with Crippen LogP contribution in [0.15, 0.2) is 30.0 Å². The van der Waals surface area contributed by atoms with Gasteiger partial charge < -0.3 is 40.1 Å². The van der Waals surface area contributed by atoms with Crippen molar-refractivity contribution in [1.29, 1.82) is 0 Å². The van der Waals surface area contributed by atoms with Gasteiger partial charge in [0.05, 0.1) is 6.61 Å². The van der Waals surface area contributed by atoms with Crippen molar-refractivity contribution in [2.45, 2.75) is 30.7 Å². The predicted octanol–water partition coefficient (Wildman–Crippen LogP) is -1.37. The minimum Gasteiger partial charge on any atom is -0.508 e. The van der Waals surface area contributed by atoms with E-state index in [2.05, 4.69) is 0 Å². The molecule has 1 aromatic carbocycles. The number of phenolic OH excluding ortho intramolecular Hbond substituents is 1. The van der Waals surface area contributed by atoms with Gasteiger partial charge in [0.2, 0.25) is 12.0 Å². The van der Waals surface area contributed by atoms with Crippen LogP contribution in [0.1, 0.15) is 5.56 Å². The number of ether oxygens (including phenoxy) is 2. The summed E-state index contributed by atoms with van der Waals surface area (Å²) >= 11 is 0. The SMILES string of the molecule is O=C(O)/C(=C\c1ccc(O)cc1)O[C@H]1O[C@H](CO)[C@@H](O)[C@H](O)[C@@H]1O. The molecule has 24 heavy (non-hydrogen) atoms. The Morgan fingerprint density at radius 1 is 1.12 bits per heavy atom. The average Bonchev–Trinajstić information content (AvgIpc) is 2.56. The first-order valence-electron chi connectivity index (χ1n) is 7.04. The molecule has 9 nitrogen and oxygen atoms in total. The largest absolute Gasteiger partial charge is 0.508 e. The number of aliphatic hydroxyl groups is 4. The van der Waals surface area contributed by atoms with Crippen molar-refractivity contribution in [3.63, 3.8) is 0 Å². The Morgan fingerprint density at radius 3 is 2.29 bits per heavy atom. The van der Waals surface area contributed by atoms with Gasteiger partial charge in [0, 0.05) is 0 Å². The number of phenols is 1. The highest BCUT2D eigenvalue weighted by molar-refractivity contribution is 5.89. The lowest BCUT2D eigenvalue weighted by Crippen LogP contribution is -2.59. The summed E-state index contributed by atoms with van der Waals surface area (Å²) < 4.78 is 10.2. The molecule has 1 heterocycles. The molecule has 0 aromatic heterocycles. The standard InChI is InChI=1S/C15H18O9/c16-6-10-11(18)12(19)13(20)15(24-10)23-9(14(21)22)5-7-1-3-8(17)4-2-7/h1-5,10-13,15-20H,6H2,(H,21,22)/b9-5+/t10-,11-,12+,13+,15+/m1/s1. The van der Waals surface area contributed by atoms with E-state index in [9.17, 15) is 30.3 Å². The lowest BCUT2D eigenvalue weighted by atomic mass is 9.99. The van der Waals surface area contributed by atoms with Crippen LogP contribution in [0.5, 0.6) is 5.75 Å². The van der Waals surface area contributed by atoms with E-state index in [4.69, 9.17) is 14.6 Å². The monoisotopic (exact) mass is 342 g/mol. The second kappa shape index (κ2) is 7.60. The highest BCUT2D eigenvalue weighted by Gasteiger charge is 2.45. The van der Waals surface area contributed by atoms with Crippen molar-refractivity contribution in [2.75, 3.05) is 6.61 Å². The number of aliphatic hydroxyl groups excluding tert-OH is 4. The summed E-state index contributed by atoms with van der Waals surface area (Å²) in [5.41, 5.74) is 0.398. The lowest BCUT2D eigenvalue weighted by Gasteiger charge is -2.39. The molecule has 132 valence electrons. The molecule has 1 aliphatic rings. The maximum absolute atomic E-state index is 11.3.